The van der Waals surface area contributed by atoms with Gasteiger partial charge in [-0.1, -0.05) is 19.1 Å². The Hall–Kier alpha value is -1.21. The van der Waals surface area contributed by atoms with E-state index in [-0.39, 0.29) is 4.90 Å². The number of hydrogen-bond donors (Lipinski definition) is 2. The first-order chi connectivity index (χ1) is 9.56. The minimum absolute atomic E-state index is 0.259. The van der Waals surface area contributed by atoms with Gasteiger partial charge in [-0.05, 0) is 41.1 Å². The van der Waals surface area contributed by atoms with Gasteiger partial charge in [0.2, 0.25) is 10.0 Å². The second-order valence-corrected chi connectivity index (χ2v) is 7.17. The van der Waals surface area contributed by atoms with E-state index in [2.05, 4.69) is 11.6 Å². The van der Waals surface area contributed by atoms with Crippen molar-refractivity contribution in [1.82, 2.24) is 4.72 Å². The smallest absolute Gasteiger partial charge is 0.240 e. The van der Waals surface area contributed by atoms with Gasteiger partial charge in [-0.3, -0.25) is 0 Å². The van der Waals surface area contributed by atoms with Gasteiger partial charge < -0.3 is 5.73 Å². The average Bonchev–Trinajstić information content (AvgIpc) is 2.93. The summed E-state index contributed by atoms with van der Waals surface area (Å²) in [5.41, 5.74) is 7.53. The highest BCUT2D eigenvalue weighted by Gasteiger charge is 2.15. The molecule has 0 aliphatic heterocycles. The molecule has 4 nitrogen and oxygen atoms in total. The number of nitrogens with one attached hydrogen (secondary N) is 1. The highest BCUT2D eigenvalue weighted by Crippen LogP contribution is 2.18. The van der Waals surface area contributed by atoms with Crippen molar-refractivity contribution in [2.45, 2.75) is 31.3 Å². The molecule has 1 heterocycles. The molecule has 0 aliphatic carbocycles. The number of rotatable bonds is 6. The number of sulfonamides is 1. The Labute approximate surface area is 123 Å². The van der Waals surface area contributed by atoms with E-state index < -0.39 is 10.0 Å². The number of benzene rings is 1. The van der Waals surface area contributed by atoms with Crippen LogP contribution in [0.15, 0.2) is 40.6 Å². The topological polar surface area (TPSA) is 72.2 Å². The van der Waals surface area contributed by atoms with Crippen LogP contribution in [0.25, 0.3) is 0 Å². The molecule has 3 N–H and O–H groups in total. The van der Waals surface area contributed by atoms with E-state index in [4.69, 9.17) is 5.73 Å². The summed E-state index contributed by atoms with van der Waals surface area (Å²) in [5.74, 6) is 0. The lowest BCUT2D eigenvalue weighted by Gasteiger charge is -2.08. The third-order valence-electron chi connectivity index (χ3n) is 3.09. The van der Waals surface area contributed by atoms with Crippen LogP contribution in [0, 0.1) is 0 Å². The second kappa shape index (κ2) is 6.49. The van der Waals surface area contributed by atoms with Gasteiger partial charge in [-0.15, -0.1) is 11.3 Å². The normalized spacial score (nSPS) is 11.7. The van der Waals surface area contributed by atoms with Crippen LogP contribution in [0.5, 0.6) is 0 Å². The lowest BCUT2D eigenvalue weighted by Crippen LogP contribution is -2.23. The lowest BCUT2D eigenvalue weighted by molar-refractivity contribution is 0.581. The summed E-state index contributed by atoms with van der Waals surface area (Å²) < 4.78 is 27.1. The molecule has 0 saturated carbocycles. The summed E-state index contributed by atoms with van der Waals surface area (Å²) in [6, 6.07) is 8.74. The van der Waals surface area contributed by atoms with Crippen LogP contribution in [0.4, 0.5) is 0 Å². The van der Waals surface area contributed by atoms with Crippen molar-refractivity contribution in [3.63, 3.8) is 0 Å². The van der Waals surface area contributed by atoms with Crippen molar-refractivity contribution < 1.29 is 8.42 Å². The van der Waals surface area contributed by atoms with Gasteiger partial charge in [0, 0.05) is 18.0 Å². The maximum Gasteiger partial charge on any atom is 0.240 e. The predicted molar refractivity (Wildman–Crippen MR) is 82.1 cm³/mol. The van der Waals surface area contributed by atoms with Crippen molar-refractivity contribution in [3.8, 4) is 0 Å². The van der Waals surface area contributed by atoms with E-state index in [0.29, 0.717) is 13.1 Å². The highest BCUT2D eigenvalue weighted by atomic mass is 32.2. The first-order valence-corrected chi connectivity index (χ1v) is 8.77. The molecule has 0 amide bonds. The maximum absolute atomic E-state index is 12.2. The molecule has 0 fully saturated rings. The Morgan fingerprint density at radius 1 is 1.30 bits per heavy atom. The molecule has 0 aliphatic rings. The number of aryl methyl sites for hydroxylation is 1. The molecule has 1 aromatic heterocycles. The summed E-state index contributed by atoms with van der Waals surface area (Å²) in [7, 11) is -3.49. The van der Waals surface area contributed by atoms with Crippen LogP contribution < -0.4 is 10.5 Å². The van der Waals surface area contributed by atoms with E-state index in [9.17, 15) is 8.42 Å². The fourth-order valence-corrected chi connectivity index (χ4v) is 3.99. The first kappa shape index (κ1) is 15.2. The fourth-order valence-electron chi connectivity index (χ4n) is 1.92. The Morgan fingerprint density at radius 2 is 2.10 bits per heavy atom. The van der Waals surface area contributed by atoms with Gasteiger partial charge in [0.1, 0.15) is 0 Å². The molecule has 1 aromatic carbocycles. The number of nitrogens with two attached hydrogens (primary N) is 1. The molecule has 0 unspecified atom stereocenters. The summed E-state index contributed by atoms with van der Waals surface area (Å²) in [4.78, 5) is 1.32. The SMILES string of the molecule is CCc1ccsc1CNS(=O)(=O)c1cccc(CN)c1. The molecule has 0 spiro atoms. The maximum atomic E-state index is 12.2. The van der Waals surface area contributed by atoms with Gasteiger partial charge >= 0.3 is 0 Å². The van der Waals surface area contributed by atoms with Crippen LogP contribution in [0.2, 0.25) is 0 Å². The Bertz CT molecular complexity index is 678. The molecule has 0 radical (unpaired) electrons. The molecule has 0 saturated heterocycles. The number of thiophene rings is 1. The fraction of sp³-hybridized carbons (Fsp3) is 0.286. The summed E-state index contributed by atoms with van der Waals surface area (Å²) in [6.45, 7) is 2.72. The first-order valence-electron chi connectivity index (χ1n) is 6.40. The zero-order valence-electron chi connectivity index (χ0n) is 11.3. The van der Waals surface area contributed by atoms with E-state index in [1.807, 2.05) is 17.5 Å². The minimum Gasteiger partial charge on any atom is -0.326 e. The summed E-state index contributed by atoms with van der Waals surface area (Å²) in [5, 5.41) is 1.98. The Kier molecular flexibility index (Phi) is 4.93. The zero-order chi connectivity index (χ0) is 14.6. The Balaban J connectivity index is 2.15. The summed E-state index contributed by atoms with van der Waals surface area (Å²) >= 11 is 1.57. The molecule has 108 valence electrons. The quantitative estimate of drug-likeness (QED) is 0.859. The van der Waals surface area contributed by atoms with Crippen LogP contribution in [-0.4, -0.2) is 8.42 Å². The predicted octanol–water partition coefficient (Wildman–Crippen LogP) is 2.25. The van der Waals surface area contributed by atoms with E-state index in [1.165, 1.54) is 5.56 Å². The largest absolute Gasteiger partial charge is 0.326 e. The molecular weight excluding hydrogens is 292 g/mol. The third kappa shape index (κ3) is 3.46. The van der Waals surface area contributed by atoms with Crippen LogP contribution >= 0.6 is 11.3 Å². The van der Waals surface area contributed by atoms with Gasteiger partial charge in [0.25, 0.3) is 0 Å². The van der Waals surface area contributed by atoms with Gasteiger partial charge in [0.05, 0.1) is 4.90 Å². The van der Waals surface area contributed by atoms with Crippen molar-refractivity contribution in [2.24, 2.45) is 5.73 Å². The third-order valence-corrected chi connectivity index (χ3v) is 5.45. The van der Waals surface area contributed by atoms with E-state index in [1.54, 1.807) is 29.5 Å². The number of hydrogen-bond acceptors (Lipinski definition) is 4. The van der Waals surface area contributed by atoms with Gasteiger partial charge in [-0.25, -0.2) is 13.1 Å². The Morgan fingerprint density at radius 3 is 2.80 bits per heavy atom. The highest BCUT2D eigenvalue weighted by molar-refractivity contribution is 7.89. The molecule has 2 rings (SSSR count). The van der Waals surface area contributed by atoms with Crippen LogP contribution in [0.3, 0.4) is 0 Å². The van der Waals surface area contributed by atoms with Crippen LogP contribution in [-0.2, 0) is 29.5 Å². The second-order valence-electron chi connectivity index (χ2n) is 4.40. The van der Waals surface area contributed by atoms with E-state index >= 15 is 0 Å². The van der Waals surface area contributed by atoms with Gasteiger partial charge in [-0.2, -0.15) is 0 Å². The van der Waals surface area contributed by atoms with Crippen molar-refractivity contribution in [2.75, 3.05) is 0 Å². The molecular formula is C14H18N2O2S2. The molecule has 6 heteroatoms. The standard InChI is InChI=1S/C14H18N2O2S2/c1-2-12-6-7-19-14(12)10-16-20(17,18)13-5-3-4-11(8-13)9-15/h3-8,16H,2,9-10,15H2,1H3. The van der Waals surface area contributed by atoms with E-state index in [0.717, 1.165) is 16.9 Å². The van der Waals surface area contributed by atoms with Gasteiger partial charge in [0.15, 0.2) is 0 Å². The van der Waals surface area contributed by atoms with Crippen molar-refractivity contribution >= 4 is 21.4 Å². The molecule has 2 aromatic rings. The van der Waals surface area contributed by atoms with Crippen molar-refractivity contribution in [3.05, 3.63) is 51.7 Å². The zero-order valence-corrected chi connectivity index (χ0v) is 12.9. The van der Waals surface area contributed by atoms with Crippen molar-refractivity contribution in [1.29, 1.82) is 0 Å². The van der Waals surface area contributed by atoms with Crippen LogP contribution in [0.1, 0.15) is 22.9 Å². The minimum atomic E-state index is -3.49. The summed E-state index contributed by atoms with van der Waals surface area (Å²) in [6.07, 6.45) is 0.906. The lowest BCUT2D eigenvalue weighted by atomic mass is 10.2. The molecule has 0 bridgehead atoms. The monoisotopic (exact) mass is 310 g/mol. The average molecular weight is 310 g/mol. The molecule has 20 heavy (non-hydrogen) atoms. The molecule has 0 atom stereocenters.